The third kappa shape index (κ3) is 4.06. The molecule has 0 bridgehead atoms. The maximum atomic E-state index is 12.8. The van der Waals surface area contributed by atoms with Crippen LogP contribution in [0.2, 0.25) is 0 Å². The van der Waals surface area contributed by atoms with Crippen LogP contribution in [0.4, 0.5) is 0 Å². The Kier molecular flexibility index (Phi) is 5.27. The second-order valence-corrected chi connectivity index (χ2v) is 6.37. The summed E-state index contributed by atoms with van der Waals surface area (Å²) in [7, 11) is 1.69. The Morgan fingerprint density at radius 3 is 2.65 bits per heavy atom. The molecule has 0 spiro atoms. The molecule has 0 aliphatic heterocycles. The first-order valence-corrected chi connectivity index (χ1v) is 8.44. The fraction of sp³-hybridized carbons (Fsp3) is 0.190. The lowest BCUT2D eigenvalue weighted by Gasteiger charge is -2.17. The molecule has 5 nitrogen and oxygen atoms in total. The summed E-state index contributed by atoms with van der Waals surface area (Å²) in [5.74, 6) is -0.294. The molecule has 1 amide bonds. The molecule has 132 valence electrons. The zero-order valence-electron chi connectivity index (χ0n) is 14.9. The Labute approximate surface area is 152 Å². The van der Waals surface area contributed by atoms with E-state index in [1.54, 1.807) is 42.3 Å². The van der Waals surface area contributed by atoms with Crippen molar-refractivity contribution in [2.24, 2.45) is 0 Å². The van der Waals surface area contributed by atoms with Crippen LogP contribution in [0, 0.1) is 6.92 Å². The van der Waals surface area contributed by atoms with E-state index in [0.717, 1.165) is 16.7 Å². The van der Waals surface area contributed by atoms with Gasteiger partial charge in [0, 0.05) is 32.2 Å². The monoisotopic (exact) mass is 347 g/mol. The molecule has 2 aromatic heterocycles. The van der Waals surface area contributed by atoms with Crippen molar-refractivity contribution in [2.45, 2.75) is 20.0 Å². The van der Waals surface area contributed by atoms with Gasteiger partial charge in [-0.15, -0.1) is 0 Å². The molecule has 0 unspecified atom stereocenters. The molecule has 0 aliphatic carbocycles. The second kappa shape index (κ2) is 7.78. The Bertz CT molecular complexity index is 964. The molecule has 0 radical (unpaired) electrons. The molecule has 0 atom stereocenters. The fourth-order valence-electron chi connectivity index (χ4n) is 2.87. The minimum absolute atomic E-state index is 0.173. The summed E-state index contributed by atoms with van der Waals surface area (Å²) in [6.07, 6.45) is 5.11. The normalized spacial score (nSPS) is 10.5. The number of benzene rings is 1. The van der Waals surface area contributed by atoms with E-state index in [2.05, 4.69) is 4.98 Å². The smallest absolute Gasteiger partial charge is 0.263 e. The molecule has 0 N–H and O–H groups in total. The maximum Gasteiger partial charge on any atom is 0.263 e. The lowest BCUT2D eigenvalue weighted by Crippen LogP contribution is -2.34. The molecule has 0 saturated heterocycles. The zero-order chi connectivity index (χ0) is 18.5. The first-order chi connectivity index (χ1) is 12.5. The summed E-state index contributed by atoms with van der Waals surface area (Å²) in [6.45, 7) is 2.85. The van der Waals surface area contributed by atoms with Gasteiger partial charge in [0.1, 0.15) is 5.56 Å². The van der Waals surface area contributed by atoms with Crippen molar-refractivity contribution in [3.63, 3.8) is 0 Å². The molecule has 0 fully saturated rings. The first-order valence-electron chi connectivity index (χ1n) is 8.44. The highest BCUT2D eigenvalue weighted by Gasteiger charge is 2.17. The number of rotatable bonds is 5. The summed E-state index contributed by atoms with van der Waals surface area (Å²) < 4.78 is 1.57. The van der Waals surface area contributed by atoms with Crippen molar-refractivity contribution in [3.05, 3.63) is 99.7 Å². The Morgan fingerprint density at radius 2 is 1.92 bits per heavy atom. The van der Waals surface area contributed by atoms with E-state index >= 15 is 0 Å². The van der Waals surface area contributed by atoms with E-state index in [4.69, 9.17) is 0 Å². The zero-order valence-corrected chi connectivity index (χ0v) is 14.9. The molecule has 0 aliphatic rings. The standard InChI is InChI=1S/C21H21N3O2/c1-16-6-3-7-17(12-16)15-24-11-5-9-19(21(24)26)20(25)23(2)14-18-8-4-10-22-13-18/h3-13H,14-15H2,1-2H3. The highest BCUT2D eigenvalue weighted by atomic mass is 16.2. The van der Waals surface area contributed by atoms with Crippen molar-refractivity contribution in [3.8, 4) is 0 Å². The third-order valence-corrected chi connectivity index (χ3v) is 4.18. The average Bonchev–Trinajstić information content (AvgIpc) is 2.64. The molecule has 2 heterocycles. The molecule has 26 heavy (non-hydrogen) atoms. The topological polar surface area (TPSA) is 55.2 Å². The average molecular weight is 347 g/mol. The van der Waals surface area contributed by atoms with E-state index in [1.807, 2.05) is 43.3 Å². The highest BCUT2D eigenvalue weighted by molar-refractivity contribution is 5.93. The van der Waals surface area contributed by atoms with Gasteiger partial charge in [0.15, 0.2) is 0 Å². The second-order valence-electron chi connectivity index (χ2n) is 6.37. The number of amides is 1. The molecule has 5 heteroatoms. The van der Waals surface area contributed by atoms with Crippen LogP contribution in [-0.4, -0.2) is 27.4 Å². The molecule has 3 rings (SSSR count). The van der Waals surface area contributed by atoms with E-state index in [-0.39, 0.29) is 17.0 Å². The Balaban J connectivity index is 1.82. The van der Waals surface area contributed by atoms with Crippen LogP contribution in [0.25, 0.3) is 0 Å². The minimum atomic E-state index is -0.294. The molecular formula is C21H21N3O2. The van der Waals surface area contributed by atoms with Crippen LogP contribution in [0.15, 0.2) is 71.9 Å². The molecule has 0 saturated carbocycles. The van der Waals surface area contributed by atoms with Gasteiger partial charge in [-0.05, 0) is 36.2 Å². The summed E-state index contributed by atoms with van der Waals surface area (Å²) in [5.41, 5.74) is 2.97. The highest BCUT2D eigenvalue weighted by Crippen LogP contribution is 2.07. The van der Waals surface area contributed by atoms with Gasteiger partial charge in [-0.3, -0.25) is 14.6 Å². The van der Waals surface area contributed by atoms with Gasteiger partial charge < -0.3 is 9.47 Å². The number of aromatic nitrogens is 2. The minimum Gasteiger partial charge on any atom is -0.337 e. The molecular weight excluding hydrogens is 326 g/mol. The van der Waals surface area contributed by atoms with Crippen molar-refractivity contribution in [1.82, 2.24) is 14.5 Å². The van der Waals surface area contributed by atoms with Crippen LogP contribution in [0.5, 0.6) is 0 Å². The number of pyridine rings is 2. The van der Waals surface area contributed by atoms with E-state index in [0.29, 0.717) is 13.1 Å². The summed E-state index contributed by atoms with van der Waals surface area (Å²) >= 11 is 0. The van der Waals surface area contributed by atoms with Gasteiger partial charge in [0.2, 0.25) is 0 Å². The largest absolute Gasteiger partial charge is 0.337 e. The van der Waals surface area contributed by atoms with E-state index in [9.17, 15) is 9.59 Å². The SMILES string of the molecule is Cc1cccc(Cn2cccc(C(=O)N(C)Cc3cccnc3)c2=O)c1. The third-order valence-electron chi connectivity index (χ3n) is 4.18. The fourth-order valence-corrected chi connectivity index (χ4v) is 2.87. The number of hydrogen-bond donors (Lipinski definition) is 0. The van der Waals surface area contributed by atoms with Gasteiger partial charge in [-0.2, -0.15) is 0 Å². The predicted octanol–water partition coefficient (Wildman–Crippen LogP) is 2.87. The van der Waals surface area contributed by atoms with Gasteiger partial charge in [-0.1, -0.05) is 35.9 Å². The van der Waals surface area contributed by atoms with Crippen molar-refractivity contribution in [2.75, 3.05) is 7.05 Å². The number of carbonyl (C=O) groups excluding carboxylic acids is 1. The van der Waals surface area contributed by atoms with Gasteiger partial charge in [0.05, 0.1) is 6.54 Å². The van der Waals surface area contributed by atoms with Gasteiger partial charge in [0.25, 0.3) is 11.5 Å². The number of carbonyl (C=O) groups is 1. The summed E-state index contributed by atoms with van der Waals surface area (Å²) in [6, 6.07) is 15.0. The van der Waals surface area contributed by atoms with Crippen molar-refractivity contribution >= 4 is 5.91 Å². The lowest BCUT2D eigenvalue weighted by atomic mass is 10.1. The number of hydrogen-bond acceptors (Lipinski definition) is 3. The van der Waals surface area contributed by atoms with Crippen LogP contribution >= 0.6 is 0 Å². The van der Waals surface area contributed by atoms with Crippen LogP contribution < -0.4 is 5.56 Å². The van der Waals surface area contributed by atoms with Crippen LogP contribution in [0.1, 0.15) is 27.0 Å². The van der Waals surface area contributed by atoms with Crippen LogP contribution in [-0.2, 0) is 13.1 Å². The lowest BCUT2D eigenvalue weighted by molar-refractivity contribution is 0.0782. The van der Waals surface area contributed by atoms with Gasteiger partial charge >= 0.3 is 0 Å². The number of nitrogens with zero attached hydrogens (tertiary/aromatic N) is 3. The predicted molar refractivity (Wildman–Crippen MR) is 101 cm³/mol. The molecule has 1 aromatic carbocycles. The summed E-state index contributed by atoms with van der Waals surface area (Å²) in [5, 5.41) is 0. The van der Waals surface area contributed by atoms with Crippen LogP contribution in [0.3, 0.4) is 0 Å². The maximum absolute atomic E-state index is 12.8. The molecule has 3 aromatic rings. The van der Waals surface area contributed by atoms with E-state index in [1.165, 1.54) is 4.90 Å². The van der Waals surface area contributed by atoms with Crippen molar-refractivity contribution in [1.29, 1.82) is 0 Å². The van der Waals surface area contributed by atoms with E-state index < -0.39 is 0 Å². The van der Waals surface area contributed by atoms with Gasteiger partial charge in [-0.25, -0.2) is 0 Å². The Hall–Kier alpha value is -3.21. The number of aryl methyl sites for hydroxylation is 1. The summed E-state index contributed by atoms with van der Waals surface area (Å²) in [4.78, 5) is 31.1. The quantitative estimate of drug-likeness (QED) is 0.713. The van der Waals surface area contributed by atoms with Crippen molar-refractivity contribution < 1.29 is 4.79 Å². The first kappa shape index (κ1) is 17.6. The Morgan fingerprint density at radius 1 is 1.12 bits per heavy atom.